The van der Waals surface area contributed by atoms with E-state index in [2.05, 4.69) is 10.6 Å². The third-order valence-corrected chi connectivity index (χ3v) is 7.14. The minimum atomic E-state index is -0.646. The molecule has 0 saturated heterocycles. The Morgan fingerprint density at radius 2 is 1.85 bits per heavy atom. The van der Waals surface area contributed by atoms with Gasteiger partial charge in [0.25, 0.3) is 5.91 Å². The molecule has 4 nitrogen and oxygen atoms in total. The Morgan fingerprint density at radius 3 is 2.42 bits per heavy atom. The van der Waals surface area contributed by atoms with Gasteiger partial charge in [-0.25, -0.2) is 0 Å². The first-order valence-corrected chi connectivity index (χ1v) is 10.3. The molecule has 0 spiro atoms. The molecule has 3 N–H and O–H groups in total. The molecule has 0 heterocycles. The van der Waals surface area contributed by atoms with Crippen LogP contribution in [0.4, 0.5) is 0 Å². The molecule has 0 aromatic heterocycles. The number of likely N-dealkylation sites (N-methyl/N-ethyl adjacent to an activating group) is 1. The first kappa shape index (κ1) is 18.3. The summed E-state index contributed by atoms with van der Waals surface area (Å²) in [5, 5.41) is 16.7. The monoisotopic (exact) mass is 376 g/mol. The number of rotatable bonds is 6. The first-order chi connectivity index (χ1) is 12.5. The lowest BCUT2D eigenvalue weighted by atomic mass is 9.49. The minimum Gasteiger partial charge on any atom is -0.387 e. The van der Waals surface area contributed by atoms with Gasteiger partial charge in [0.05, 0.1) is 16.7 Å². The van der Waals surface area contributed by atoms with E-state index in [1.54, 1.807) is 25.2 Å². The number of hydrogen-bond acceptors (Lipinski definition) is 3. The highest BCUT2D eigenvalue weighted by Gasteiger charge is 2.50. The van der Waals surface area contributed by atoms with Gasteiger partial charge in [-0.3, -0.25) is 4.79 Å². The summed E-state index contributed by atoms with van der Waals surface area (Å²) in [6.07, 6.45) is 7.39. The van der Waals surface area contributed by atoms with Crippen molar-refractivity contribution in [1.82, 2.24) is 10.6 Å². The normalized spacial score (nSPS) is 33.3. The van der Waals surface area contributed by atoms with Gasteiger partial charge < -0.3 is 15.7 Å². The second kappa shape index (κ2) is 7.14. The van der Waals surface area contributed by atoms with Crippen molar-refractivity contribution in [3.05, 3.63) is 34.3 Å². The minimum absolute atomic E-state index is 0.121. The molecule has 4 aliphatic carbocycles. The van der Waals surface area contributed by atoms with E-state index in [9.17, 15) is 9.90 Å². The van der Waals surface area contributed by atoms with Gasteiger partial charge in [0.1, 0.15) is 0 Å². The van der Waals surface area contributed by atoms with E-state index >= 15 is 0 Å². The predicted octanol–water partition coefficient (Wildman–Crippen LogP) is 3.54. The third-order valence-electron chi connectivity index (χ3n) is 6.81. The fraction of sp³-hybridized carbons (Fsp3) is 0.667. The number of carbonyl (C=O) groups is 1. The molecular formula is C21H29ClN2O2. The smallest absolute Gasteiger partial charge is 0.252 e. The number of benzene rings is 1. The molecule has 1 atom stereocenters. The Labute approximate surface area is 160 Å². The highest BCUT2D eigenvalue weighted by Crippen LogP contribution is 2.59. The number of carbonyl (C=O) groups excluding carboxylic acids is 1. The molecule has 0 radical (unpaired) electrons. The number of aliphatic hydroxyl groups is 1. The van der Waals surface area contributed by atoms with Gasteiger partial charge in [0.2, 0.25) is 0 Å². The van der Waals surface area contributed by atoms with Crippen molar-refractivity contribution < 1.29 is 9.90 Å². The van der Waals surface area contributed by atoms with Crippen LogP contribution in [0.25, 0.3) is 0 Å². The van der Waals surface area contributed by atoms with Crippen LogP contribution in [0.3, 0.4) is 0 Å². The van der Waals surface area contributed by atoms with E-state index in [4.69, 9.17) is 11.6 Å². The summed E-state index contributed by atoms with van der Waals surface area (Å²) in [5.41, 5.74) is 1.48. The molecule has 1 aromatic carbocycles. The van der Waals surface area contributed by atoms with E-state index in [1.165, 1.54) is 38.5 Å². The second-order valence-corrected chi connectivity index (χ2v) is 9.32. The summed E-state index contributed by atoms with van der Waals surface area (Å²) >= 11 is 6.27. The molecule has 26 heavy (non-hydrogen) atoms. The molecule has 1 aromatic rings. The molecule has 0 aliphatic heterocycles. The maximum absolute atomic E-state index is 12.8. The van der Waals surface area contributed by atoms with E-state index in [0.717, 1.165) is 24.3 Å². The van der Waals surface area contributed by atoms with Crippen LogP contribution in [0.2, 0.25) is 5.02 Å². The van der Waals surface area contributed by atoms with Crippen LogP contribution < -0.4 is 10.6 Å². The van der Waals surface area contributed by atoms with Crippen molar-refractivity contribution in [2.24, 2.45) is 23.2 Å². The van der Waals surface area contributed by atoms with Crippen LogP contribution in [0, 0.1) is 23.2 Å². The van der Waals surface area contributed by atoms with Gasteiger partial charge in [0.15, 0.2) is 0 Å². The molecule has 4 aliphatic rings. The van der Waals surface area contributed by atoms with Crippen LogP contribution in [-0.2, 0) is 0 Å². The second-order valence-electron chi connectivity index (χ2n) is 8.91. The number of amides is 1. The van der Waals surface area contributed by atoms with Crippen molar-refractivity contribution in [3.8, 4) is 0 Å². The van der Waals surface area contributed by atoms with Gasteiger partial charge >= 0.3 is 0 Å². The molecule has 1 amide bonds. The zero-order valence-electron chi connectivity index (χ0n) is 15.4. The molecule has 5 rings (SSSR count). The van der Waals surface area contributed by atoms with E-state index in [0.29, 0.717) is 28.1 Å². The molecule has 5 heteroatoms. The van der Waals surface area contributed by atoms with Crippen molar-refractivity contribution >= 4 is 17.5 Å². The summed E-state index contributed by atoms with van der Waals surface area (Å²) in [6.45, 7) is 1.20. The highest BCUT2D eigenvalue weighted by molar-refractivity contribution is 6.33. The molecular weight excluding hydrogens is 348 g/mol. The Balaban J connectivity index is 1.44. The Hall–Kier alpha value is -1.10. The summed E-state index contributed by atoms with van der Waals surface area (Å²) < 4.78 is 0. The number of halogens is 1. The SMILES string of the molecule is CNC[C@@H](O)c1ccc(Cl)c(C(=O)NCC23CC4CC(CC(C4)C2)C3)c1. The lowest BCUT2D eigenvalue weighted by Gasteiger charge is -2.56. The van der Waals surface area contributed by atoms with Crippen molar-refractivity contribution in [3.63, 3.8) is 0 Å². The molecule has 4 bridgehead atoms. The molecule has 142 valence electrons. The van der Waals surface area contributed by atoms with E-state index in [-0.39, 0.29) is 5.91 Å². The average molecular weight is 377 g/mol. The van der Waals surface area contributed by atoms with Crippen LogP contribution in [0.15, 0.2) is 18.2 Å². The zero-order chi connectivity index (χ0) is 18.3. The van der Waals surface area contributed by atoms with Gasteiger partial charge in [-0.05, 0) is 86.4 Å². The molecule has 4 fully saturated rings. The Bertz CT molecular complexity index is 655. The van der Waals surface area contributed by atoms with Crippen molar-refractivity contribution in [1.29, 1.82) is 0 Å². The Kier molecular flexibility index (Phi) is 5.02. The molecule has 0 unspecified atom stereocenters. The van der Waals surface area contributed by atoms with Gasteiger partial charge in [-0.15, -0.1) is 0 Å². The van der Waals surface area contributed by atoms with Crippen LogP contribution in [-0.4, -0.2) is 31.2 Å². The van der Waals surface area contributed by atoms with Crippen molar-refractivity contribution in [2.75, 3.05) is 20.1 Å². The predicted molar refractivity (Wildman–Crippen MR) is 103 cm³/mol. The van der Waals surface area contributed by atoms with Gasteiger partial charge in [-0.1, -0.05) is 17.7 Å². The van der Waals surface area contributed by atoms with Gasteiger partial charge in [0, 0.05) is 13.1 Å². The maximum atomic E-state index is 12.8. The van der Waals surface area contributed by atoms with Crippen LogP contribution in [0.5, 0.6) is 0 Å². The van der Waals surface area contributed by atoms with Crippen LogP contribution >= 0.6 is 11.6 Å². The fourth-order valence-electron chi connectivity index (χ4n) is 6.10. The quantitative estimate of drug-likeness (QED) is 0.711. The topological polar surface area (TPSA) is 61.4 Å². The number of hydrogen-bond donors (Lipinski definition) is 3. The molecule has 4 saturated carbocycles. The summed E-state index contributed by atoms with van der Waals surface area (Å²) in [4.78, 5) is 12.8. The van der Waals surface area contributed by atoms with Gasteiger partial charge in [-0.2, -0.15) is 0 Å². The van der Waals surface area contributed by atoms with E-state index in [1.807, 2.05) is 0 Å². The largest absolute Gasteiger partial charge is 0.387 e. The van der Waals surface area contributed by atoms with Crippen molar-refractivity contribution in [2.45, 2.75) is 44.6 Å². The standard InChI is InChI=1S/C21H29ClN2O2/c1-23-11-19(25)16-2-3-18(22)17(7-16)20(26)24-12-21-8-13-4-14(9-21)6-15(5-13)10-21/h2-3,7,13-15,19,23,25H,4-6,8-12H2,1H3,(H,24,26)/t13?,14?,15?,19-,21?/m1/s1. The summed E-state index contributed by atoms with van der Waals surface area (Å²) in [7, 11) is 1.79. The number of nitrogens with one attached hydrogen (secondary N) is 2. The lowest BCUT2D eigenvalue weighted by Crippen LogP contribution is -2.51. The van der Waals surface area contributed by atoms with Crippen LogP contribution in [0.1, 0.15) is 60.6 Å². The summed E-state index contributed by atoms with van der Waals surface area (Å²) in [5.74, 6) is 2.51. The number of aliphatic hydroxyl groups excluding tert-OH is 1. The lowest BCUT2D eigenvalue weighted by molar-refractivity contribution is -0.0503. The maximum Gasteiger partial charge on any atom is 0.252 e. The highest BCUT2D eigenvalue weighted by atomic mass is 35.5. The summed E-state index contributed by atoms with van der Waals surface area (Å²) in [6, 6.07) is 5.20. The first-order valence-electron chi connectivity index (χ1n) is 9.88. The zero-order valence-corrected chi connectivity index (χ0v) is 16.2. The fourth-order valence-corrected chi connectivity index (χ4v) is 6.31. The average Bonchev–Trinajstić information content (AvgIpc) is 2.59. The van der Waals surface area contributed by atoms with E-state index < -0.39 is 6.10 Å². The third kappa shape index (κ3) is 3.51. The Morgan fingerprint density at radius 1 is 1.23 bits per heavy atom.